The molecule has 0 saturated carbocycles. The molecule has 0 amide bonds. The molecule has 0 bridgehead atoms. The van der Waals surface area contributed by atoms with E-state index >= 15 is 0 Å². The Bertz CT molecular complexity index is 374. The van der Waals surface area contributed by atoms with E-state index in [1.54, 1.807) is 0 Å². The van der Waals surface area contributed by atoms with Gasteiger partial charge in [-0.3, -0.25) is 0 Å². The molecular formula is C23H44O5. The van der Waals surface area contributed by atoms with Gasteiger partial charge in [0.2, 0.25) is 0 Å². The van der Waals surface area contributed by atoms with Gasteiger partial charge in [-0.15, -0.1) is 0 Å². The van der Waals surface area contributed by atoms with Crippen LogP contribution in [0.3, 0.4) is 0 Å². The Morgan fingerprint density at radius 2 is 1.46 bits per heavy atom. The molecule has 166 valence electrons. The van der Waals surface area contributed by atoms with Crippen LogP contribution in [0.25, 0.3) is 0 Å². The van der Waals surface area contributed by atoms with E-state index in [1.165, 1.54) is 64.2 Å². The monoisotopic (exact) mass is 400 g/mol. The molecule has 0 spiro atoms. The summed E-state index contributed by atoms with van der Waals surface area (Å²) >= 11 is 0. The largest absolute Gasteiger partial charge is 0.394 e. The van der Waals surface area contributed by atoms with Crippen LogP contribution in [0.5, 0.6) is 0 Å². The Balaban J connectivity index is 1.89. The minimum absolute atomic E-state index is 0.0927. The second-order valence-corrected chi connectivity index (χ2v) is 8.03. The molecule has 28 heavy (non-hydrogen) atoms. The van der Waals surface area contributed by atoms with E-state index < -0.39 is 24.4 Å². The normalized spacial score (nSPS) is 23.6. The van der Waals surface area contributed by atoms with Crippen molar-refractivity contribution in [1.29, 1.82) is 0 Å². The number of hydrogen-bond acceptors (Lipinski definition) is 5. The summed E-state index contributed by atoms with van der Waals surface area (Å²) in [5, 5.41) is 28.7. The molecule has 5 nitrogen and oxygen atoms in total. The molecular weight excluding hydrogens is 356 g/mol. The Morgan fingerprint density at radius 1 is 0.893 bits per heavy atom. The van der Waals surface area contributed by atoms with Gasteiger partial charge in [-0.2, -0.15) is 0 Å². The van der Waals surface area contributed by atoms with Crippen LogP contribution in [0, 0.1) is 0 Å². The standard InChI is InChI=1S/C23H44O5/c1-2-3-4-5-6-7-8-9-10-11-12-13-14-15-16-17-27-21(18-24)23-22(26)20(25)19-28-23/h12-13,20-26H,2-11,14-19H2,1H3/b13-12+/t20-,21+,22-,23-/m1/s1. The van der Waals surface area contributed by atoms with Gasteiger partial charge in [0.1, 0.15) is 24.4 Å². The van der Waals surface area contributed by atoms with Crippen molar-refractivity contribution in [3.8, 4) is 0 Å². The summed E-state index contributed by atoms with van der Waals surface area (Å²) in [6.45, 7) is 2.67. The van der Waals surface area contributed by atoms with Crippen molar-refractivity contribution in [2.75, 3.05) is 19.8 Å². The minimum atomic E-state index is -0.985. The molecule has 0 aromatic carbocycles. The van der Waals surface area contributed by atoms with Gasteiger partial charge in [0.25, 0.3) is 0 Å². The van der Waals surface area contributed by atoms with Crippen molar-refractivity contribution in [3.63, 3.8) is 0 Å². The van der Waals surface area contributed by atoms with Crippen molar-refractivity contribution in [1.82, 2.24) is 0 Å². The Labute approximate surface area is 172 Å². The highest BCUT2D eigenvalue weighted by atomic mass is 16.6. The van der Waals surface area contributed by atoms with Gasteiger partial charge in [-0.05, 0) is 32.1 Å². The van der Waals surface area contributed by atoms with Gasteiger partial charge < -0.3 is 24.8 Å². The first kappa shape index (κ1) is 25.6. The fraction of sp³-hybridized carbons (Fsp3) is 0.913. The highest BCUT2D eigenvalue weighted by molar-refractivity contribution is 4.88. The van der Waals surface area contributed by atoms with Crippen molar-refractivity contribution in [2.24, 2.45) is 0 Å². The maximum atomic E-state index is 9.82. The second-order valence-electron chi connectivity index (χ2n) is 8.03. The molecule has 1 saturated heterocycles. The van der Waals surface area contributed by atoms with Crippen molar-refractivity contribution in [3.05, 3.63) is 12.2 Å². The minimum Gasteiger partial charge on any atom is -0.394 e. The van der Waals surface area contributed by atoms with E-state index in [2.05, 4.69) is 19.1 Å². The van der Waals surface area contributed by atoms with Gasteiger partial charge in [0.15, 0.2) is 0 Å². The van der Waals surface area contributed by atoms with Crippen LogP contribution in [-0.4, -0.2) is 59.6 Å². The predicted octanol–water partition coefficient (Wildman–Crippen LogP) is 4.13. The molecule has 1 rings (SSSR count). The molecule has 0 aliphatic carbocycles. The number of rotatable bonds is 18. The predicted molar refractivity (Wildman–Crippen MR) is 113 cm³/mol. The average molecular weight is 401 g/mol. The van der Waals surface area contributed by atoms with Crippen molar-refractivity contribution < 1.29 is 24.8 Å². The second kappa shape index (κ2) is 17.4. The van der Waals surface area contributed by atoms with Crippen LogP contribution in [-0.2, 0) is 9.47 Å². The highest BCUT2D eigenvalue weighted by Crippen LogP contribution is 2.19. The van der Waals surface area contributed by atoms with Crippen LogP contribution < -0.4 is 0 Å². The maximum Gasteiger partial charge on any atom is 0.114 e. The maximum absolute atomic E-state index is 9.82. The number of ether oxygens (including phenoxy) is 2. The van der Waals surface area contributed by atoms with Crippen LogP contribution >= 0.6 is 0 Å². The zero-order valence-corrected chi connectivity index (χ0v) is 17.9. The number of unbranched alkanes of at least 4 members (excludes halogenated alkanes) is 11. The lowest BCUT2D eigenvalue weighted by Crippen LogP contribution is -2.42. The van der Waals surface area contributed by atoms with E-state index in [9.17, 15) is 15.3 Å². The molecule has 3 N–H and O–H groups in total. The molecule has 1 aliphatic heterocycles. The van der Waals surface area contributed by atoms with E-state index in [4.69, 9.17) is 9.47 Å². The van der Waals surface area contributed by atoms with E-state index in [1.807, 2.05) is 0 Å². The quantitative estimate of drug-likeness (QED) is 0.238. The lowest BCUT2D eigenvalue weighted by Gasteiger charge is -2.24. The molecule has 4 atom stereocenters. The fourth-order valence-corrected chi connectivity index (χ4v) is 3.61. The van der Waals surface area contributed by atoms with Gasteiger partial charge in [-0.25, -0.2) is 0 Å². The average Bonchev–Trinajstić information content (AvgIpc) is 3.03. The Morgan fingerprint density at radius 3 is 2.00 bits per heavy atom. The van der Waals surface area contributed by atoms with E-state index in [-0.39, 0.29) is 13.2 Å². The smallest absolute Gasteiger partial charge is 0.114 e. The number of aliphatic hydroxyl groups excluding tert-OH is 3. The zero-order valence-electron chi connectivity index (χ0n) is 17.9. The molecule has 5 heteroatoms. The first-order valence-corrected chi connectivity index (χ1v) is 11.6. The molecule has 0 aromatic heterocycles. The third-order valence-corrected chi connectivity index (χ3v) is 5.47. The molecule has 0 unspecified atom stereocenters. The van der Waals surface area contributed by atoms with Gasteiger partial charge in [0.05, 0.1) is 13.2 Å². The fourth-order valence-electron chi connectivity index (χ4n) is 3.61. The molecule has 1 heterocycles. The highest BCUT2D eigenvalue weighted by Gasteiger charge is 2.40. The number of allylic oxidation sites excluding steroid dienone is 2. The molecule has 1 fully saturated rings. The van der Waals surface area contributed by atoms with E-state index in [0.29, 0.717) is 6.61 Å². The van der Waals surface area contributed by atoms with Gasteiger partial charge in [-0.1, -0.05) is 70.4 Å². The third kappa shape index (κ3) is 11.5. The molecule has 0 radical (unpaired) electrons. The van der Waals surface area contributed by atoms with Crippen molar-refractivity contribution in [2.45, 2.75) is 115 Å². The number of hydrogen-bond donors (Lipinski definition) is 3. The topological polar surface area (TPSA) is 79.2 Å². The summed E-state index contributed by atoms with van der Waals surface area (Å²) in [5.41, 5.74) is 0. The molecule has 0 aromatic rings. The van der Waals surface area contributed by atoms with Crippen molar-refractivity contribution >= 4 is 0 Å². The summed E-state index contributed by atoms with van der Waals surface area (Å²) < 4.78 is 11.0. The Kier molecular flexibility index (Phi) is 15.9. The summed E-state index contributed by atoms with van der Waals surface area (Å²) in [5.74, 6) is 0. The lowest BCUT2D eigenvalue weighted by atomic mass is 10.1. The Hall–Kier alpha value is -0.460. The molecule has 1 aliphatic rings. The summed E-state index contributed by atoms with van der Waals surface area (Å²) in [4.78, 5) is 0. The first-order chi connectivity index (χ1) is 13.7. The van der Waals surface area contributed by atoms with Crippen LogP contribution in [0.2, 0.25) is 0 Å². The zero-order chi connectivity index (χ0) is 20.5. The van der Waals surface area contributed by atoms with Gasteiger partial charge >= 0.3 is 0 Å². The lowest BCUT2D eigenvalue weighted by molar-refractivity contribution is -0.101. The van der Waals surface area contributed by atoms with Gasteiger partial charge in [0, 0.05) is 6.61 Å². The van der Waals surface area contributed by atoms with Crippen LogP contribution in [0.4, 0.5) is 0 Å². The van der Waals surface area contributed by atoms with Crippen LogP contribution in [0.15, 0.2) is 12.2 Å². The summed E-state index contributed by atoms with van der Waals surface area (Å²) in [7, 11) is 0. The SMILES string of the molecule is CCCCCCCCCCC/C=C/CCCCO[C@@H](CO)[C@H]1OC[C@@H](O)[C@H]1O. The van der Waals surface area contributed by atoms with Crippen LogP contribution in [0.1, 0.15) is 90.4 Å². The number of aliphatic hydroxyl groups is 3. The summed E-state index contributed by atoms with van der Waals surface area (Å²) in [6, 6.07) is 0. The third-order valence-electron chi connectivity index (χ3n) is 5.47. The summed E-state index contributed by atoms with van der Waals surface area (Å²) in [6.07, 6.45) is 18.0. The van der Waals surface area contributed by atoms with E-state index in [0.717, 1.165) is 19.3 Å². The first-order valence-electron chi connectivity index (χ1n) is 11.6.